The van der Waals surface area contributed by atoms with E-state index in [1.54, 1.807) is 12.1 Å². The maximum Gasteiger partial charge on any atom is 0.320 e. The van der Waals surface area contributed by atoms with E-state index in [4.69, 9.17) is 22.4 Å². The standard InChI is InChI=1S/C13H19ClN2O2/c14-11-6-4-10(5-7-11)9-16-12(13(17)18)3-1-2-8-15/h4-7,12,16H,1-3,8-9,15H2,(H,17,18)/t12-/m0/s1. The Morgan fingerprint density at radius 2 is 2.00 bits per heavy atom. The van der Waals surface area contributed by atoms with Crippen molar-refractivity contribution in [3.05, 3.63) is 34.9 Å². The summed E-state index contributed by atoms with van der Waals surface area (Å²) in [5, 5.41) is 12.8. The van der Waals surface area contributed by atoms with E-state index >= 15 is 0 Å². The molecule has 0 aromatic heterocycles. The Bertz CT molecular complexity index is 368. The quantitative estimate of drug-likeness (QED) is 0.632. The molecule has 0 radical (unpaired) electrons. The molecule has 5 heteroatoms. The van der Waals surface area contributed by atoms with E-state index in [-0.39, 0.29) is 0 Å². The highest BCUT2D eigenvalue weighted by atomic mass is 35.5. The van der Waals surface area contributed by atoms with Gasteiger partial charge in [0.05, 0.1) is 0 Å². The van der Waals surface area contributed by atoms with Crippen LogP contribution in [0.1, 0.15) is 24.8 Å². The van der Waals surface area contributed by atoms with Gasteiger partial charge in [0, 0.05) is 11.6 Å². The van der Waals surface area contributed by atoms with Crippen LogP contribution in [-0.2, 0) is 11.3 Å². The summed E-state index contributed by atoms with van der Waals surface area (Å²) in [7, 11) is 0. The van der Waals surface area contributed by atoms with Crippen LogP contribution < -0.4 is 11.1 Å². The maximum absolute atomic E-state index is 11.1. The van der Waals surface area contributed by atoms with Gasteiger partial charge in [-0.2, -0.15) is 0 Å². The molecule has 1 aromatic carbocycles. The second kappa shape index (κ2) is 8.08. The summed E-state index contributed by atoms with van der Waals surface area (Å²) in [6.45, 7) is 1.13. The lowest BCUT2D eigenvalue weighted by Crippen LogP contribution is -2.36. The molecular weight excluding hydrogens is 252 g/mol. The third-order valence-corrected chi connectivity index (χ3v) is 2.96. The fraction of sp³-hybridized carbons (Fsp3) is 0.462. The van der Waals surface area contributed by atoms with Gasteiger partial charge >= 0.3 is 5.97 Å². The van der Waals surface area contributed by atoms with Crippen LogP contribution in [0.15, 0.2) is 24.3 Å². The zero-order valence-electron chi connectivity index (χ0n) is 10.2. The predicted molar refractivity (Wildman–Crippen MR) is 72.6 cm³/mol. The van der Waals surface area contributed by atoms with Gasteiger partial charge in [0.25, 0.3) is 0 Å². The van der Waals surface area contributed by atoms with Gasteiger partial charge in [0.2, 0.25) is 0 Å². The summed E-state index contributed by atoms with van der Waals surface area (Å²) in [5.74, 6) is -0.819. The van der Waals surface area contributed by atoms with E-state index in [0.29, 0.717) is 24.5 Å². The summed E-state index contributed by atoms with van der Waals surface area (Å²) in [5.41, 5.74) is 6.41. The molecular formula is C13H19ClN2O2. The number of hydrogen-bond donors (Lipinski definition) is 3. The Morgan fingerprint density at radius 3 is 2.56 bits per heavy atom. The third kappa shape index (κ3) is 5.49. The average molecular weight is 271 g/mol. The smallest absolute Gasteiger partial charge is 0.320 e. The fourth-order valence-corrected chi connectivity index (χ4v) is 1.77. The first-order valence-electron chi connectivity index (χ1n) is 6.04. The number of unbranched alkanes of at least 4 members (excludes halogenated alkanes) is 1. The summed E-state index contributed by atoms with van der Waals surface area (Å²) in [6, 6.07) is 6.83. The predicted octanol–water partition coefficient (Wildman–Crippen LogP) is 2.01. The molecule has 0 aliphatic rings. The van der Waals surface area contributed by atoms with Gasteiger partial charge < -0.3 is 16.2 Å². The van der Waals surface area contributed by atoms with Crippen molar-refractivity contribution in [3.63, 3.8) is 0 Å². The summed E-state index contributed by atoms with van der Waals surface area (Å²) >= 11 is 5.78. The lowest BCUT2D eigenvalue weighted by atomic mass is 10.1. The van der Waals surface area contributed by atoms with Crippen molar-refractivity contribution in [1.29, 1.82) is 0 Å². The number of rotatable bonds is 8. The minimum Gasteiger partial charge on any atom is -0.480 e. The maximum atomic E-state index is 11.1. The Hall–Kier alpha value is -1.10. The van der Waals surface area contributed by atoms with E-state index < -0.39 is 12.0 Å². The van der Waals surface area contributed by atoms with Crippen LogP contribution in [-0.4, -0.2) is 23.7 Å². The van der Waals surface area contributed by atoms with Crippen molar-refractivity contribution in [1.82, 2.24) is 5.32 Å². The Labute approximate surface area is 112 Å². The van der Waals surface area contributed by atoms with Crippen molar-refractivity contribution < 1.29 is 9.90 Å². The van der Waals surface area contributed by atoms with Crippen LogP contribution in [0.3, 0.4) is 0 Å². The zero-order valence-corrected chi connectivity index (χ0v) is 11.0. The largest absolute Gasteiger partial charge is 0.480 e. The molecule has 0 saturated heterocycles. The van der Waals surface area contributed by atoms with Crippen molar-refractivity contribution in [2.24, 2.45) is 5.73 Å². The monoisotopic (exact) mass is 270 g/mol. The molecule has 18 heavy (non-hydrogen) atoms. The number of carboxylic acid groups (broad SMARTS) is 1. The molecule has 0 fully saturated rings. The first-order chi connectivity index (χ1) is 8.63. The molecule has 4 nitrogen and oxygen atoms in total. The van der Waals surface area contributed by atoms with Crippen molar-refractivity contribution >= 4 is 17.6 Å². The topological polar surface area (TPSA) is 75.3 Å². The highest BCUT2D eigenvalue weighted by molar-refractivity contribution is 6.30. The normalized spacial score (nSPS) is 12.3. The van der Waals surface area contributed by atoms with Gasteiger partial charge in [0.15, 0.2) is 0 Å². The highest BCUT2D eigenvalue weighted by Gasteiger charge is 2.15. The fourth-order valence-electron chi connectivity index (χ4n) is 1.65. The molecule has 0 spiro atoms. The van der Waals surface area contributed by atoms with E-state index in [0.717, 1.165) is 18.4 Å². The number of nitrogens with one attached hydrogen (secondary N) is 1. The van der Waals surface area contributed by atoms with Gasteiger partial charge in [-0.25, -0.2) is 0 Å². The van der Waals surface area contributed by atoms with E-state index in [1.165, 1.54) is 0 Å². The van der Waals surface area contributed by atoms with Gasteiger partial charge in [-0.05, 0) is 37.1 Å². The molecule has 1 atom stereocenters. The van der Waals surface area contributed by atoms with Crippen LogP contribution in [0, 0.1) is 0 Å². The molecule has 0 amide bonds. The molecule has 0 unspecified atom stereocenters. The van der Waals surface area contributed by atoms with Crippen molar-refractivity contribution in [2.45, 2.75) is 31.8 Å². The van der Waals surface area contributed by atoms with Gasteiger partial charge in [-0.1, -0.05) is 30.2 Å². The van der Waals surface area contributed by atoms with Crippen LogP contribution in [0.2, 0.25) is 5.02 Å². The lowest BCUT2D eigenvalue weighted by molar-refractivity contribution is -0.139. The molecule has 0 bridgehead atoms. The van der Waals surface area contributed by atoms with Crippen LogP contribution in [0.5, 0.6) is 0 Å². The highest BCUT2D eigenvalue weighted by Crippen LogP contribution is 2.10. The number of aliphatic carboxylic acids is 1. The van der Waals surface area contributed by atoms with Crippen LogP contribution in [0.25, 0.3) is 0 Å². The minimum absolute atomic E-state index is 0.521. The number of nitrogens with two attached hydrogens (primary N) is 1. The van der Waals surface area contributed by atoms with E-state index in [2.05, 4.69) is 5.32 Å². The molecule has 0 saturated carbocycles. The summed E-state index contributed by atoms with van der Waals surface area (Å²) < 4.78 is 0. The molecule has 1 rings (SSSR count). The van der Waals surface area contributed by atoms with Gasteiger partial charge in [-0.15, -0.1) is 0 Å². The Kier molecular flexibility index (Phi) is 6.72. The molecule has 100 valence electrons. The van der Waals surface area contributed by atoms with E-state index in [9.17, 15) is 4.79 Å². The second-order valence-electron chi connectivity index (χ2n) is 4.18. The summed E-state index contributed by atoms with van der Waals surface area (Å²) in [4.78, 5) is 11.1. The number of hydrogen-bond acceptors (Lipinski definition) is 3. The molecule has 0 aliphatic heterocycles. The molecule has 1 aromatic rings. The second-order valence-corrected chi connectivity index (χ2v) is 4.62. The number of carbonyl (C=O) groups is 1. The number of benzene rings is 1. The van der Waals surface area contributed by atoms with Gasteiger partial charge in [0.1, 0.15) is 6.04 Å². The lowest BCUT2D eigenvalue weighted by Gasteiger charge is -2.14. The third-order valence-electron chi connectivity index (χ3n) is 2.71. The average Bonchev–Trinajstić information content (AvgIpc) is 2.35. The van der Waals surface area contributed by atoms with Gasteiger partial charge in [-0.3, -0.25) is 4.79 Å². The van der Waals surface area contributed by atoms with Crippen molar-refractivity contribution in [2.75, 3.05) is 6.54 Å². The van der Waals surface area contributed by atoms with Crippen molar-refractivity contribution in [3.8, 4) is 0 Å². The van der Waals surface area contributed by atoms with Crippen LogP contribution in [0.4, 0.5) is 0 Å². The van der Waals surface area contributed by atoms with Crippen LogP contribution >= 0.6 is 11.6 Å². The molecule has 0 aliphatic carbocycles. The SMILES string of the molecule is NCCCC[C@H](NCc1ccc(Cl)cc1)C(=O)O. The minimum atomic E-state index is -0.819. The Balaban J connectivity index is 2.41. The summed E-state index contributed by atoms with van der Waals surface area (Å²) in [6.07, 6.45) is 2.27. The molecule has 0 heterocycles. The number of halogens is 1. The Morgan fingerprint density at radius 1 is 1.33 bits per heavy atom. The zero-order chi connectivity index (χ0) is 13.4. The first kappa shape index (κ1) is 15.0. The van der Waals surface area contributed by atoms with E-state index in [1.807, 2.05) is 12.1 Å². The first-order valence-corrected chi connectivity index (χ1v) is 6.42. The molecule has 4 N–H and O–H groups in total. The number of carboxylic acids is 1.